The zero-order valence-corrected chi connectivity index (χ0v) is 29.6. The predicted octanol–water partition coefficient (Wildman–Crippen LogP) is 5.76. The number of nitrogens with one attached hydrogen (secondary N) is 2. The Bertz CT molecular complexity index is 1800. The average molecular weight is 723 g/mol. The lowest BCUT2D eigenvalue weighted by molar-refractivity contribution is -0.176. The van der Waals surface area contributed by atoms with Gasteiger partial charge in [-0.15, -0.1) is 0 Å². The number of esters is 1. The maximum absolute atomic E-state index is 13.5. The molecule has 0 aromatic heterocycles. The zero-order chi connectivity index (χ0) is 37.4. The van der Waals surface area contributed by atoms with Gasteiger partial charge in [0.2, 0.25) is 11.9 Å². The quantitative estimate of drug-likeness (QED) is 0.0389. The molecule has 1 saturated heterocycles. The number of ether oxygens (including phenoxy) is 5. The van der Waals surface area contributed by atoms with Crippen LogP contribution in [0.15, 0.2) is 114 Å². The van der Waals surface area contributed by atoms with Crippen molar-refractivity contribution in [3.63, 3.8) is 0 Å². The van der Waals surface area contributed by atoms with Crippen LogP contribution < -0.4 is 20.1 Å². The number of hydrogen-bond donors (Lipinski definition) is 2. The molecule has 1 aliphatic heterocycles. The van der Waals surface area contributed by atoms with Crippen molar-refractivity contribution < 1.29 is 42.9 Å². The Labute approximate surface area is 307 Å². The molecular weight excluding hydrogens is 680 g/mol. The molecule has 0 radical (unpaired) electrons. The molecule has 0 saturated carbocycles. The molecule has 0 unspecified atom stereocenters. The predicted molar refractivity (Wildman–Crippen MR) is 195 cm³/mol. The molecule has 13 nitrogen and oxygen atoms in total. The SMILES string of the molecule is COc1ccc(CN2C(=O)[C@H](CCCN=C(NC(=O)OCc3ccccc3)NC(=O)OCc3ccccc3)[C@H]2C(=O)OCc2ccccc2)c(OC)c1. The minimum Gasteiger partial charge on any atom is -0.497 e. The number of β-lactam (4-membered cyclic amide) rings is 1. The van der Waals surface area contributed by atoms with Gasteiger partial charge in [-0.05, 0) is 41.7 Å². The molecule has 2 atom stereocenters. The largest absolute Gasteiger partial charge is 0.497 e. The van der Waals surface area contributed by atoms with Gasteiger partial charge in [-0.25, -0.2) is 14.4 Å². The van der Waals surface area contributed by atoms with Crippen molar-refractivity contribution in [3.8, 4) is 11.5 Å². The highest BCUT2D eigenvalue weighted by Gasteiger charge is 2.51. The first-order valence-electron chi connectivity index (χ1n) is 17.1. The van der Waals surface area contributed by atoms with E-state index in [0.29, 0.717) is 23.5 Å². The van der Waals surface area contributed by atoms with Crippen molar-refractivity contribution in [1.82, 2.24) is 15.5 Å². The zero-order valence-electron chi connectivity index (χ0n) is 29.6. The first-order valence-corrected chi connectivity index (χ1v) is 17.1. The van der Waals surface area contributed by atoms with Crippen molar-refractivity contribution in [3.05, 3.63) is 131 Å². The first-order chi connectivity index (χ1) is 25.8. The lowest BCUT2D eigenvalue weighted by Crippen LogP contribution is -2.64. The Kier molecular flexibility index (Phi) is 13.8. The lowest BCUT2D eigenvalue weighted by atomic mass is 9.83. The molecule has 5 rings (SSSR count). The first kappa shape index (κ1) is 37.9. The molecular formula is C40H42N4O9. The van der Waals surface area contributed by atoms with Gasteiger partial charge in [0.05, 0.1) is 26.7 Å². The molecule has 0 spiro atoms. The van der Waals surface area contributed by atoms with Gasteiger partial charge in [-0.2, -0.15) is 0 Å². The van der Waals surface area contributed by atoms with E-state index in [1.807, 2.05) is 91.0 Å². The van der Waals surface area contributed by atoms with Gasteiger partial charge < -0.3 is 28.6 Å². The maximum atomic E-state index is 13.5. The molecule has 1 fully saturated rings. The van der Waals surface area contributed by atoms with Gasteiger partial charge >= 0.3 is 18.2 Å². The second-order valence-corrected chi connectivity index (χ2v) is 12.0. The molecule has 1 heterocycles. The van der Waals surface area contributed by atoms with Crippen LogP contribution in [0.5, 0.6) is 11.5 Å². The van der Waals surface area contributed by atoms with Gasteiger partial charge in [0.15, 0.2) is 0 Å². The van der Waals surface area contributed by atoms with E-state index < -0.39 is 30.1 Å². The highest BCUT2D eigenvalue weighted by atomic mass is 16.6. The maximum Gasteiger partial charge on any atom is 0.414 e. The van der Waals surface area contributed by atoms with Crippen molar-refractivity contribution >= 4 is 30.0 Å². The molecule has 2 N–H and O–H groups in total. The Morgan fingerprint density at radius 1 is 0.698 bits per heavy atom. The van der Waals surface area contributed by atoms with Gasteiger partial charge in [0.25, 0.3) is 0 Å². The molecule has 4 aromatic carbocycles. The van der Waals surface area contributed by atoms with Gasteiger partial charge in [-0.1, -0.05) is 91.0 Å². The number of carbonyl (C=O) groups is 4. The number of rotatable bonds is 15. The summed E-state index contributed by atoms with van der Waals surface area (Å²) in [6, 6.07) is 31.9. The number of aliphatic imine (C=N–C) groups is 1. The number of nitrogens with zero attached hydrogens (tertiary/aromatic N) is 2. The van der Waals surface area contributed by atoms with Crippen molar-refractivity contribution in [1.29, 1.82) is 0 Å². The Balaban J connectivity index is 1.24. The molecule has 0 aliphatic carbocycles. The standard InChI is InChI=1S/C40H42N4O9/c1-49-32-21-20-31(34(23-32)50-2)24-44-35(37(46)51-25-28-13-6-3-7-14-28)33(36(44)45)19-12-22-41-38(42-39(47)52-26-29-15-8-4-9-16-29)43-40(48)53-27-30-17-10-5-11-18-30/h3-11,13-18,20-21,23,33,35H,12,19,22,24-27H2,1-2H3,(H2,41,42,43,47,48)/t33-,35+/m1/s1. The summed E-state index contributed by atoms with van der Waals surface area (Å²) in [6.07, 6.45) is -1.05. The van der Waals surface area contributed by atoms with Crippen molar-refractivity contribution in [2.75, 3.05) is 20.8 Å². The summed E-state index contributed by atoms with van der Waals surface area (Å²) < 4.78 is 27.1. The van der Waals surface area contributed by atoms with Crippen LogP contribution in [0.4, 0.5) is 9.59 Å². The number of hydrogen-bond acceptors (Lipinski definition) is 10. The van der Waals surface area contributed by atoms with Crippen molar-refractivity contribution in [2.24, 2.45) is 10.9 Å². The van der Waals surface area contributed by atoms with E-state index >= 15 is 0 Å². The fourth-order valence-electron chi connectivity index (χ4n) is 5.67. The average Bonchev–Trinajstić information content (AvgIpc) is 3.19. The lowest BCUT2D eigenvalue weighted by Gasteiger charge is -2.45. The second-order valence-electron chi connectivity index (χ2n) is 12.0. The van der Waals surface area contributed by atoms with Crippen LogP contribution in [0.3, 0.4) is 0 Å². The van der Waals surface area contributed by atoms with Crippen LogP contribution in [-0.2, 0) is 50.2 Å². The van der Waals surface area contributed by atoms with Crippen LogP contribution in [0.2, 0.25) is 0 Å². The Morgan fingerprint density at radius 2 is 1.23 bits per heavy atom. The minimum atomic E-state index is -0.848. The molecule has 13 heteroatoms. The summed E-state index contributed by atoms with van der Waals surface area (Å²) in [5, 5.41) is 4.92. The molecule has 3 amide bonds. The van der Waals surface area contributed by atoms with E-state index in [1.165, 1.54) is 12.0 Å². The number of methoxy groups -OCH3 is 2. The summed E-state index contributed by atoms with van der Waals surface area (Å²) in [5.41, 5.74) is 3.07. The van der Waals surface area contributed by atoms with E-state index in [0.717, 1.165) is 16.7 Å². The minimum absolute atomic E-state index is 0.00284. The van der Waals surface area contributed by atoms with Crippen LogP contribution in [-0.4, -0.2) is 61.7 Å². The number of alkyl carbamates (subject to hydrolysis) is 2. The molecule has 4 aromatic rings. The molecule has 53 heavy (non-hydrogen) atoms. The number of amides is 3. The third kappa shape index (κ3) is 11.1. The summed E-state index contributed by atoms with van der Waals surface area (Å²) in [7, 11) is 3.07. The smallest absolute Gasteiger partial charge is 0.414 e. The van der Waals surface area contributed by atoms with E-state index in [9.17, 15) is 19.2 Å². The van der Waals surface area contributed by atoms with Crippen LogP contribution in [0, 0.1) is 5.92 Å². The van der Waals surface area contributed by atoms with Gasteiger partial charge in [-0.3, -0.25) is 20.4 Å². The van der Waals surface area contributed by atoms with E-state index in [2.05, 4.69) is 15.6 Å². The van der Waals surface area contributed by atoms with Crippen LogP contribution in [0.1, 0.15) is 35.1 Å². The highest BCUT2D eigenvalue weighted by Crippen LogP contribution is 2.36. The summed E-state index contributed by atoms with van der Waals surface area (Å²) in [6.45, 7) is 0.281. The molecule has 0 bridgehead atoms. The van der Waals surface area contributed by atoms with Gasteiger partial charge in [0.1, 0.15) is 37.4 Å². The molecule has 1 aliphatic rings. The number of likely N-dealkylation sites (tertiary alicyclic amines) is 1. The third-order valence-electron chi connectivity index (χ3n) is 8.43. The normalized spacial score (nSPS) is 14.6. The van der Waals surface area contributed by atoms with E-state index in [1.54, 1.807) is 25.3 Å². The Hall–Kier alpha value is -6.37. The third-order valence-corrected chi connectivity index (χ3v) is 8.43. The topological polar surface area (TPSA) is 154 Å². The summed E-state index contributed by atoms with van der Waals surface area (Å²) >= 11 is 0. The second kappa shape index (κ2) is 19.3. The number of benzene rings is 4. The fourth-order valence-corrected chi connectivity index (χ4v) is 5.67. The van der Waals surface area contributed by atoms with Crippen LogP contribution >= 0.6 is 0 Å². The Morgan fingerprint density at radius 3 is 1.74 bits per heavy atom. The monoisotopic (exact) mass is 722 g/mol. The molecule has 276 valence electrons. The fraction of sp³-hybridized carbons (Fsp3) is 0.275. The number of carbonyl (C=O) groups excluding carboxylic acids is 4. The van der Waals surface area contributed by atoms with Crippen LogP contribution in [0.25, 0.3) is 0 Å². The summed E-state index contributed by atoms with van der Waals surface area (Å²) in [4.78, 5) is 58.2. The number of guanidine groups is 1. The van der Waals surface area contributed by atoms with E-state index in [4.69, 9.17) is 23.7 Å². The summed E-state index contributed by atoms with van der Waals surface area (Å²) in [5.74, 6) is -0.500. The van der Waals surface area contributed by atoms with E-state index in [-0.39, 0.29) is 51.2 Å². The van der Waals surface area contributed by atoms with Crippen molar-refractivity contribution in [2.45, 2.75) is 45.2 Å². The van der Waals surface area contributed by atoms with Gasteiger partial charge in [0, 0.05) is 18.2 Å². The highest BCUT2D eigenvalue weighted by molar-refractivity contribution is 6.01.